The molecule has 1 heterocycles. The molecule has 0 spiro atoms. The van der Waals surface area contributed by atoms with Crippen LogP contribution >= 0.6 is 15.9 Å². The van der Waals surface area contributed by atoms with Crippen molar-refractivity contribution in [2.75, 3.05) is 0 Å². The Hall–Kier alpha value is -1.96. The Kier molecular flexibility index (Phi) is 4.67. The van der Waals surface area contributed by atoms with Gasteiger partial charge in [0, 0.05) is 10.0 Å². The van der Waals surface area contributed by atoms with E-state index < -0.39 is 5.69 Å². The summed E-state index contributed by atoms with van der Waals surface area (Å²) in [6, 6.07) is 5.44. The predicted molar refractivity (Wildman–Crippen MR) is 77.9 cm³/mol. The monoisotopic (exact) mass is 339 g/mol. The topological polar surface area (TPSA) is 85.2 Å². The lowest BCUT2D eigenvalue weighted by Gasteiger charge is -2.09. The smallest absolute Gasteiger partial charge is 0.365 e. The maximum Gasteiger partial charge on any atom is 0.365 e. The van der Waals surface area contributed by atoms with E-state index in [0.717, 1.165) is 22.2 Å². The maximum absolute atomic E-state index is 11.6. The molecule has 0 saturated heterocycles. The average molecular weight is 340 g/mol. The van der Waals surface area contributed by atoms with Crippen molar-refractivity contribution in [3.63, 3.8) is 0 Å². The van der Waals surface area contributed by atoms with Gasteiger partial charge in [-0.25, -0.2) is 9.89 Å². The number of aromatic nitrogens is 4. The highest BCUT2D eigenvalue weighted by Gasteiger charge is 2.12. The number of benzene rings is 1. The molecule has 2 aromatic rings. The average Bonchev–Trinajstić information content (AvgIpc) is 2.86. The standard InChI is InChI=1S/C12H14BrN5O2/c1-3-8(2)15-20-7-9-10(13)5-4-6-11(9)18-12(19)14-16-17-18/h4-6H,3,7H2,1-2H3,(H,14,17,19). The molecule has 1 aromatic heterocycles. The van der Waals surface area contributed by atoms with Crippen LogP contribution in [-0.2, 0) is 11.4 Å². The van der Waals surface area contributed by atoms with E-state index in [-0.39, 0.29) is 6.61 Å². The van der Waals surface area contributed by atoms with E-state index in [1.54, 1.807) is 6.07 Å². The van der Waals surface area contributed by atoms with Gasteiger partial charge in [-0.15, -0.1) is 0 Å². The molecule has 2 rings (SSSR count). The van der Waals surface area contributed by atoms with Crippen LogP contribution in [0.2, 0.25) is 0 Å². The zero-order chi connectivity index (χ0) is 14.5. The van der Waals surface area contributed by atoms with E-state index in [2.05, 4.69) is 36.6 Å². The highest BCUT2D eigenvalue weighted by molar-refractivity contribution is 9.10. The van der Waals surface area contributed by atoms with Gasteiger partial charge < -0.3 is 4.84 Å². The number of nitrogens with zero attached hydrogens (tertiary/aromatic N) is 4. The van der Waals surface area contributed by atoms with E-state index in [0.29, 0.717) is 5.69 Å². The highest BCUT2D eigenvalue weighted by Crippen LogP contribution is 2.23. The van der Waals surface area contributed by atoms with E-state index in [1.165, 1.54) is 4.68 Å². The number of hydrogen-bond acceptors (Lipinski definition) is 5. The van der Waals surface area contributed by atoms with Gasteiger partial charge in [0.05, 0.1) is 11.4 Å². The molecule has 1 N–H and O–H groups in total. The summed E-state index contributed by atoms with van der Waals surface area (Å²) in [6.07, 6.45) is 0.825. The van der Waals surface area contributed by atoms with Crippen molar-refractivity contribution in [2.24, 2.45) is 5.16 Å². The van der Waals surface area contributed by atoms with Gasteiger partial charge in [-0.1, -0.05) is 34.1 Å². The molecule has 7 nitrogen and oxygen atoms in total. The summed E-state index contributed by atoms with van der Waals surface area (Å²) in [5.74, 6) is 0. The van der Waals surface area contributed by atoms with Crippen molar-refractivity contribution in [2.45, 2.75) is 26.9 Å². The Morgan fingerprint density at radius 2 is 2.35 bits per heavy atom. The van der Waals surface area contributed by atoms with Crippen molar-refractivity contribution in [3.8, 4) is 5.69 Å². The Balaban J connectivity index is 2.33. The first kappa shape index (κ1) is 14.4. The summed E-state index contributed by atoms with van der Waals surface area (Å²) >= 11 is 3.44. The quantitative estimate of drug-likeness (QED) is 0.667. The van der Waals surface area contributed by atoms with Crippen molar-refractivity contribution in [1.29, 1.82) is 0 Å². The van der Waals surface area contributed by atoms with E-state index in [9.17, 15) is 4.79 Å². The summed E-state index contributed by atoms with van der Waals surface area (Å²) in [5, 5.41) is 13.5. The molecule has 20 heavy (non-hydrogen) atoms. The zero-order valence-corrected chi connectivity index (χ0v) is 12.7. The number of oxime groups is 1. The minimum absolute atomic E-state index is 0.230. The first-order valence-electron chi connectivity index (χ1n) is 6.07. The van der Waals surface area contributed by atoms with Crippen LogP contribution in [0.3, 0.4) is 0 Å². The van der Waals surface area contributed by atoms with Gasteiger partial charge in [0.1, 0.15) is 6.61 Å². The van der Waals surface area contributed by atoms with Crippen LogP contribution in [0.15, 0.2) is 32.6 Å². The number of halogens is 1. The molecule has 0 amide bonds. The summed E-state index contributed by atoms with van der Waals surface area (Å²) in [5.41, 5.74) is 1.87. The SMILES string of the molecule is CCC(C)=NOCc1c(Br)cccc1-n1nn[nH]c1=O. The lowest BCUT2D eigenvalue weighted by atomic mass is 10.2. The first-order valence-corrected chi connectivity index (χ1v) is 6.86. The van der Waals surface area contributed by atoms with Crippen molar-refractivity contribution >= 4 is 21.6 Å². The van der Waals surface area contributed by atoms with Crippen LogP contribution < -0.4 is 5.69 Å². The fourth-order valence-corrected chi connectivity index (χ4v) is 1.99. The number of H-pyrrole nitrogens is 1. The van der Waals surface area contributed by atoms with Crippen molar-refractivity contribution in [3.05, 3.63) is 38.7 Å². The molecule has 0 fully saturated rings. The molecule has 0 unspecified atom stereocenters. The van der Waals surface area contributed by atoms with Gasteiger partial charge >= 0.3 is 5.69 Å². The minimum Gasteiger partial charge on any atom is -0.391 e. The second kappa shape index (κ2) is 6.47. The molecule has 8 heteroatoms. The maximum atomic E-state index is 11.6. The number of tetrazole rings is 1. The molecule has 0 aliphatic heterocycles. The predicted octanol–water partition coefficient (Wildman–Crippen LogP) is 2.02. The van der Waals surface area contributed by atoms with Gasteiger partial charge in [-0.2, -0.15) is 4.68 Å². The Bertz CT molecular complexity index is 676. The van der Waals surface area contributed by atoms with Gasteiger partial charge in [0.25, 0.3) is 0 Å². The number of nitrogens with one attached hydrogen (secondary N) is 1. The zero-order valence-electron chi connectivity index (χ0n) is 11.1. The Labute approximate surface area is 123 Å². The third-order valence-electron chi connectivity index (χ3n) is 2.74. The summed E-state index contributed by atoms with van der Waals surface area (Å²) < 4.78 is 1.99. The Morgan fingerprint density at radius 1 is 1.55 bits per heavy atom. The lowest BCUT2D eigenvalue weighted by molar-refractivity contribution is 0.129. The van der Waals surface area contributed by atoms with E-state index in [1.807, 2.05) is 26.0 Å². The van der Waals surface area contributed by atoms with Crippen molar-refractivity contribution < 1.29 is 4.84 Å². The molecular formula is C12H14BrN5O2. The second-order valence-electron chi connectivity index (χ2n) is 4.11. The number of aromatic amines is 1. The van der Waals surface area contributed by atoms with Gasteiger partial charge in [0.2, 0.25) is 0 Å². The van der Waals surface area contributed by atoms with E-state index in [4.69, 9.17) is 4.84 Å². The highest BCUT2D eigenvalue weighted by atomic mass is 79.9. The summed E-state index contributed by atoms with van der Waals surface area (Å²) in [6.45, 7) is 4.12. The van der Waals surface area contributed by atoms with Crippen LogP contribution in [0.1, 0.15) is 25.8 Å². The molecule has 0 saturated carbocycles. The van der Waals surface area contributed by atoms with Crippen LogP contribution in [0.25, 0.3) is 5.69 Å². The minimum atomic E-state index is -0.405. The number of rotatable bonds is 5. The van der Waals surface area contributed by atoms with Crippen LogP contribution in [0.5, 0.6) is 0 Å². The second-order valence-corrected chi connectivity index (χ2v) is 4.96. The third kappa shape index (κ3) is 3.13. The fraction of sp³-hybridized carbons (Fsp3) is 0.333. The van der Waals surface area contributed by atoms with Gasteiger partial charge in [-0.05, 0) is 35.9 Å². The van der Waals surface area contributed by atoms with Crippen molar-refractivity contribution in [1.82, 2.24) is 20.2 Å². The Morgan fingerprint density at radius 3 is 3.00 bits per heavy atom. The molecule has 0 radical (unpaired) electrons. The molecule has 0 aliphatic rings. The molecular weight excluding hydrogens is 326 g/mol. The summed E-state index contributed by atoms with van der Waals surface area (Å²) in [4.78, 5) is 16.9. The molecule has 1 aromatic carbocycles. The lowest BCUT2D eigenvalue weighted by Crippen LogP contribution is -2.18. The first-order chi connectivity index (χ1) is 9.63. The van der Waals surface area contributed by atoms with E-state index >= 15 is 0 Å². The fourth-order valence-electron chi connectivity index (χ4n) is 1.52. The van der Waals surface area contributed by atoms with Gasteiger partial charge in [-0.3, -0.25) is 0 Å². The third-order valence-corrected chi connectivity index (χ3v) is 3.48. The normalized spacial score (nSPS) is 11.7. The molecule has 0 aliphatic carbocycles. The molecule has 0 bridgehead atoms. The van der Waals surface area contributed by atoms with Crippen LogP contribution in [0.4, 0.5) is 0 Å². The molecule has 0 atom stereocenters. The summed E-state index contributed by atoms with van der Waals surface area (Å²) in [7, 11) is 0. The van der Waals surface area contributed by atoms with Crippen LogP contribution in [-0.4, -0.2) is 25.9 Å². The van der Waals surface area contributed by atoms with Gasteiger partial charge in [0.15, 0.2) is 0 Å². The largest absolute Gasteiger partial charge is 0.391 e. The van der Waals surface area contributed by atoms with Crippen LogP contribution in [0, 0.1) is 0 Å². The molecule has 106 valence electrons. The number of hydrogen-bond donors (Lipinski definition) is 1.